The van der Waals surface area contributed by atoms with Gasteiger partial charge in [-0.25, -0.2) is 0 Å². The monoisotopic (exact) mass is 382 g/mol. The van der Waals surface area contributed by atoms with E-state index in [4.69, 9.17) is 4.42 Å². The van der Waals surface area contributed by atoms with Gasteiger partial charge in [0.15, 0.2) is 6.29 Å². The van der Waals surface area contributed by atoms with Gasteiger partial charge >= 0.3 is 0 Å². The summed E-state index contributed by atoms with van der Waals surface area (Å²) >= 11 is 0. The van der Waals surface area contributed by atoms with Crippen molar-refractivity contribution in [3.63, 3.8) is 0 Å². The van der Waals surface area contributed by atoms with Crippen LogP contribution in [0.2, 0.25) is 0 Å². The van der Waals surface area contributed by atoms with Gasteiger partial charge in [0.2, 0.25) is 0 Å². The molecule has 1 aliphatic heterocycles. The molecule has 2 aromatic rings. The van der Waals surface area contributed by atoms with Crippen LogP contribution < -0.4 is 5.32 Å². The highest BCUT2D eigenvalue weighted by Gasteiger charge is 2.20. The maximum Gasteiger partial charge on any atom is 0.153 e. The van der Waals surface area contributed by atoms with Crippen molar-refractivity contribution >= 4 is 6.29 Å². The van der Waals surface area contributed by atoms with E-state index in [2.05, 4.69) is 22.9 Å². The first-order valence-corrected chi connectivity index (χ1v) is 9.98. The van der Waals surface area contributed by atoms with E-state index in [1.54, 1.807) is 12.1 Å². The number of allylic oxidation sites excluding steroid dienone is 1. The highest BCUT2D eigenvalue weighted by Crippen LogP contribution is 2.22. The van der Waals surface area contributed by atoms with E-state index in [1.807, 2.05) is 13.0 Å². The van der Waals surface area contributed by atoms with Gasteiger partial charge in [-0.2, -0.15) is 0 Å². The first-order chi connectivity index (χ1) is 13.5. The number of aldehydes is 1. The van der Waals surface area contributed by atoms with Crippen molar-refractivity contribution in [2.75, 3.05) is 19.6 Å². The van der Waals surface area contributed by atoms with Crippen LogP contribution in [-0.4, -0.2) is 35.9 Å². The second-order valence-corrected chi connectivity index (χ2v) is 7.81. The zero-order chi connectivity index (χ0) is 19.9. The molecule has 1 aromatic heterocycles. The number of nitrogens with one attached hydrogen (secondary N) is 1. The Hall–Kier alpha value is -2.53. The van der Waals surface area contributed by atoms with Gasteiger partial charge in [0.1, 0.15) is 17.8 Å². The Morgan fingerprint density at radius 2 is 2.29 bits per heavy atom. The molecule has 0 spiro atoms. The number of furan rings is 1. The third-order valence-electron chi connectivity index (χ3n) is 5.39. The van der Waals surface area contributed by atoms with Crippen molar-refractivity contribution < 1.29 is 14.3 Å². The number of carbonyl (C=O) groups is 1. The zero-order valence-corrected chi connectivity index (χ0v) is 16.6. The Kier molecular flexibility index (Phi) is 6.93. The molecule has 0 bridgehead atoms. The Labute approximate surface area is 167 Å². The van der Waals surface area contributed by atoms with E-state index in [-0.39, 0.29) is 0 Å². The van der Waals surface area contributed by atoms with Crippen LogP contribution in [0.4, 0.5) is 0 Å². The minimum Gasteiger partial charge on any atom is -0.508 e. The number of phenolic OH excluding ortho intramolecular Hbond substituents is 1. The molecule has 5 heteroatoms. The van der Waals surface area contributed by atoms with Crippen molar-refractivity contribution in [3.05, 3.63) is 65.3 Å². The summed E-state index contributed by atoms with van der Waals surface area (Å²) in [5.41, 5.74) is 3.78. The summed E-state index contributed by atoms with van der Waals surface area (Å²) in [5.74, 6) is 1.78. The molecule has 1 aromatic carbocycles. The molecule has 2 N–H and O–H groups in total. The van der Waals surface area contributed by atoms with Gasteiger partial charge in [-0.15, -0.1) is 0 Å². The van der Waals surface area contributed by atoms with E-state index in [1.165, 1.54) is 24.7 Å². The number of aryl methyl sites for hydroxylation is 2. The van der Waals surface area contributed by atoms with Gasteiger partial charge in [0.05, 0.1) is 5.56 Å². The number of piperidine rings is 1. The summed E-state index contributed by atoms with van der Waals surface area (Å²) in [6.45, 7) is 10.1. The summed E-state index contributed by atoms with van der Waals surface area (Å²) < 4.78 is 5.36. The topological polar surface area (TPSA) is 65.7 Å². The van der Waals surface area contributed by atoms with Crippen LogP contribution in [0.5, 0.6) is 5.75 Å². The third kappa shape index (κ3) is 5.73. The SMILES string of the molecule is C=C(CCc1cc(C=O)co1)NC[C@@H]1CCCN(Cc2ccc(O)c(C)c2)C1. The average molecular weight is 383 g/mol. The molecular formula is C23H30N2O3. The van der Waals surface area contributed by atoms with E-state index >= 15 is 0 Å². The lowest BCUT2D eigenvalue weighted by Gasteiger charge is -2.33. The Morgan fingerprint density at radius 3 is 3.04 bits per heavy atom. The van der Waals surface area contributed by atoms with Gasteiger partial charge < -0.3 is 14.8 Å². The van der Waals surface area contributed by atoms with E-state index in [0.29, 0.717) is 17.2 Å². The van der Waals surface area contributed by atoms with Gasteiger partial charge in [-0.1, -0.05) is 18.7 Å². The van der Waals surface area contributed by atoms with Crippen LogP contribution in [-0.2, 0) is 13.0 Å². The van der Waals surface area contributed by atoms with Crippen LogP contribution in [0.1, 0.15) is 46.5 Å². The quantitative estimate of drug-likeness (QED) is 0.641. The van der Waals surface area contributed by atoms with Crippen LogP contribution in [0, 0.1) is 12.8 Å². The molecule has 0 saturated carbocycles. The lowest BCUT2D eigenvalue weighted by atomic mass is 9.97. The van der Waals surface area contributed by atoms with Gasteiger partial charge in [0.25, 0.3) is 0 Å². The minimum atomic E-state index is 0.361. The Morgan fingerprint density at radius 1 is 1.43 bits per heavy atom. The molecule has 28 heavy (non-hydrogen) atoms. The molecule has 0 aliphatic carbocycles. The van der Waals surface area contributed by atoms with Crippen molar-refractivity contribution in [3.8, 4) is 5.75 Å². The number of hydrogen-bond donors (Lipinski definition) is 2. The van der Waals surface area contributed by atoms with E-state index in [0.717, 1.165) is 62.3 Å². The van der Waals surface area contributed by atoms with Crippen molar-refractivity contribution in [2.45, 2.75) is 39.2 Å². The van der Waals surface area contributed by atoms with Gasteiger partial charge in [0, 0.05) is 31.8 Å². The zero-order valence-electron chi connectivity index (χ0n) is 16.6. The summed E-state index contributed by atoms with van der Waals surface area (Å²) in [6.07, 6.45) is 6.27. The van der Waals surface area contributed by atoms with Crippen LogP contribution >= 0.6 is 0 Å². The second kappa shape index (κ2) is 9.60. The normalized spacial score (nSPS) is 17.4. The predicted molar refractivity (Wildman–Crippen MR) is 110 cm³/mol. The molecule has 3 rings (SSSR count). The number of nitrogens with zero attached hydrogens (tertiary/aromatic N) is 1. The number of aromatic hydroxyl groups is 1. The van der Waals surface area contributed by atoms with Crippen LogP contribution in [0.3, 0.4) is 0 Å². The Bertz CT molecular complexity index is 812. The summed E-state index contributed by atoms with van der Waals surface area (Å²) in [4.78, 5) is 13.2. The number of phenols is 1. The fourth-order valence-electron chi connectivity index (χ4n) is 3.78. The van der Waals surface area contributed by atoms with Crippen molar-refractivity contribution in [2.24, 2.45) is 5.92 Å². The first kappa shape index (κ1) is 20.2. The smallest absolute Gasteiger partial charge is 0.153 e. The molecule has 5 nitrogen and oxygen atoms in total. The standard InChI is InChI=1S/C23H30N2O3/c1-17-10-19(6-8-23(17)27)13-25-9-3-4-20(14-25)12-24-18(2)5-7-22-11-21(15-26)16-28-22/h6,8,10-11,15-16,20,24,27H,2-5,7,9,12-14H2,1H3/t20-/m0/s1. The molecule has 2 heterocycles. The molecule has 0 unspecified atom stereocenters. The van der Waals surface area contributed by atoms with Gasteiger partial charge in [-0.3, -0.25) is 9.69 Å². The molecule has 1 atom stereocenters. The molecule has 1 saturated heterocycles. The lowest BCUT2D eigenvalue weighted by Crippen LogP contribution is -2.39. The predicted octanol–water partition coefficient (Wildman–Crippen LogP) is 4.05. The summed E-state index contributed by atoms with van der Waals surface area (Å²) in [6, 6.07) is 7.65. The molecule has 1 fully saturated rings. The van der Waals surface area contributed by atoms with E-state index in [9.17, 15) is 9.90 Å². The fourth-order valence-corrected chi connectivity index (χ4v) is 3.78. The summed E-state index contributed by atoms with van der Waals surface area (Å²) in [7, 11) is 0. The number of hydrogen-bond acceptors (Lipinski definition) is 5. The lowest BCUT2D eigenvalue weighted by molar-refractivity contribution is 0.112. The maximum atomic E-state index is 10.7. The Balaban J connectivity index is 1.40. The number of rotatable bonds is 9. The minimum absolute atomic E-state index is 0.361. The van der Waals surface area contributed by atoms with E-state index < -0.39 is 0 Å². The highest BCUT2D eigenvalue weighted by atomic mass is 16.3. The van der Waals surface area contributed by atoms with Crippen molar-refractivity contribution in [1.29, 1.82) is 0 Å². The molecule has 0 amide bonds. The second-order valence-electron chi connectivity index (χ2n) is 7.81. The third-order valence-corrected chi connectivity index (χ3v) is 5.39. The maximum absolute atomic E-state index is 10.7. The van der Waals surface area contributed by atoms with Crippen LogP contribution in [0.25, 0.3) is 0 Å². The number of carbonyl (C=O) groups excluding carboxylic acids is 1. The number of benzene rings is 1. The fraction of sp³-hybridized carbons (Fsp3) is 0.435. The molecule has 150 valence electrons. The molecule has 1 aliphatic rings. The average Bonchev–Trinajstić information content (AvgIpc) is 3.16. The van der Waals surface area contributed by atoms with Crippen LogP contribution in [0.15, 0.2) is 47.2 Å². The highest BCUT2D eigenvalue weighted by molar-refractivity contribution is 5.74. The first-order valence-electron chi connectivity index (χ1n) is 9.98. The van der Waals surface area contributed by atoms with Gasteiger partial charge in [-0.05, 0) is 61.9 Å². The summed E-state index contributed by atoms with van der Waals surface area (Å²) in [5, 5.41) is 13.2. The van der Waals surface area contributed by atoms with Crippen molar-refractivity contribution in [1.82, 2.24) is 10.2 Å². The largest absolute Gasteiger partial charge is 0.508 e. The molecular weight excluding hydrogens is 352 g/mol. The molecule has 0 radical (unpaired) electrons. The number of likely N-dealkylation sites (tertiary alicyclic amines) is 1.